The summed E-state index contributed by atoms with van der Waals surface area (Å²) < 4.78 is 11.0. The maximum absolute atomic E-state index is 12.2. The summed E-state index contributed by atoms with van der Waals surface area (Å²) >= 11 is 0. The average Bonchev–Trinajstić information content (AvgIpc) is 3.18. The summed E-state index contributed by atoms with van der Waals surface area (Å²) in [5.41, 5.74) is 1.28. The van der Waals surface area contributed by atoms with Crippen LogP contribution in [0.5, 0.6) is 11.5 Å². The number of carbonyl (C=O) groups excluding carboxylic acids is 1. The highest BCUT2D eigenvalue weighted by atomic mass is 16.5. The summed E-state index contributed by atoms with van der Waals surface area (Å²) in [5.74, 6) is 1.30. The molecule has 1 N–H and O–H groups in total. The van der Waals surface area contributed by atoms with E-state index in [4.69, 9.17) is 14.7 Å². The number of nitrogens with zero attached hydrogens (tertiary/aromatic N) is 2. The molecule has 1 saturated heterocycles. The minimum atomic E-state index is -0.156. The summed E-state index contributed by atoms with van der Waals surface area (Å²) in [6.45, 7) is 1.28. The predicted molar refractivity (Wildman–Crippen MR) is 93.7 cm³/mol. The van der Waals surface area contributed by atoms with Crippen molar-refractivity contribution >= 4 is 11.7 Å². The van der Waals surface area contributed by atoms with Gasteiger partial charge in [0.05, 0.1) is 24.3 Å². The first-order chi connectivity index (χ1) is 12.2. The largest absolute Gasteiger partial charge is 0.457 e. The van der Waals surface area contributed by atoms with E-state index in [-0.39, 0.29) is 12.1 Å². The van der Waals surface area contributed by atoms with Crippen LogP contribution >= 0.6 is 0 Å². The molecule has 0 aromatic heterocycles. The minimum absolute atomic E-state index is 0.124. The first-order valence-corrected chi connectivity index (χ1v) is 8.05. The molecule has 1 aliphatic heterocycles. The highest BCUT2D eigenvalue weighted by molar-refractivity contribution is 5.89. The second-order valence-electron chi connectivity index (χ2n) is 5.82. The molecule has 6 heteroatoms. The SMILES string of the molecule is CN(C(=O)Nc1ccc(Oc2ccc(C#N)cc2)cc1)[C@@H]1CCOC1. The maximum atomic E-state index is 12.2. The van der Waals surface area contributed by atoms with Gasteiger partial charge in [-0.05, 0) is 55.0 Å². The number of nitrogens with one attached hydrogen (secondary N) is 1. The van der Waals surface area contributed by atoms with Gasteiger partial charge in [0.2, 0.25) is 0 Å². The van der Waals surface area contributed by atoms with Gasteiger partial charge in [0.25, 0.3) is 0 Å². The lowest BCUT2D eigenvalue weighted by molar-refractivity contribution is 0.164. The number of rotatable bonds is 4. The molecule has 0 saturated carbocycles. The fraction of sp³-hybridized carbons (Fsp3) is 0.263. The summed E-state index contributed by atoms with van der Waals surface area (Å²) in [5, 5.41) is 11.7. The molecule has 0 aliphatic carbocycles. The third-order valence-electron chi connectivity index (χ3n) is 4.10. The molecule has 2 aromatic rings. The molecular formula is C19H19N3O3. The molecule has 1 atom stereocenters. The zero-order chi connectivity index (χ0) is 17.6. The second-order valence-corrected chi connectivity index (χ2v) is 5.82. The number of likely N-dealkylation sites (N-methyl/N-ethyl adjacent to an activating group) is 1. The Bertz CT molecular complexity index is 760. The van der Waals surface area contributed by atoms with Gasteiger partial charge < -0.3 is 19.7 Å². The van der Waals surface area contributed by atoms with Gasteiger partial charge in [-0.3, -0.25) is 0 Å². The lowest BCUT2D eigenvalue weighted by Gasteiger charge is -2.23. The van der Waals surface area contributed by atoms with Gasteiger partial charge in [0.15, 0.2) is 0 Å². The summed E-state index contributed by atoms with van der Waals surface area (Å²) in [6, 6.07) is 16.1. The van der Waals surface area contributed by atoms with Crippen LogP contribution in [0.2, 0.25) is 0 Å². The molecular weight excluding hydrogens is 318 g/mol. The van der Waals surface area contributed by atoms with E-state index in [1.54, 1.807) is 60.5 Å². The van der Waals surface area contributed by atoms with E-state index in [2.05, 4.69) is 11.4 Å². The Labute approximate surface area is 146 Å². The van der Waals surface area contributed by atoms with Crippen molar-refractivity contribution in [3.8, 4) is 17.6 Å². The average molecular weight is 337 g/mol. The molecule has 0 radical (unpaired) electrons. The van der Waals surface area contributed by atoms with Crippen LogP contribution < -0.4 is 10.1 Å². The molecule has 25 heavy (non-hydrogen) atoms. The molecule has 6 nitrogen and oxygen atoms in total. The van der Waals surface area contributed by atoms with Crippen molar-refractivity contribution < 1.29 is 14.3 Å². The normalized spacial score (nSPS) is 16.1. The Morgan fingerprint density at radius 3 is 2.40 bits per heavy atom. The topological polar surface area (TPSA) is 74.6 Å². The number of urea groups is 1. The van der Waals surface area contributed by atoms with E-state index >= 15 is 0 Å². The highest BCUT2D eigenvalue weighted by Crippen LogP contribution is 2.23. The lowest BCUT2D eigenvalue weighted by Crippen LogP contribution is -2.40. The first-order valence-electron chi connectivity index (χ1n) is 8.05. The van der Waals surface area contributed by atoms with Crippen LogP contribution in [0.25, 0.3) is 0 Å². The zero-order valence-electron chi connectivity index (χ0n) is 13.9. The Hall–Kier alpha value is -3.04. The van der Waals surface area contributed by atoms with Crippen molar-refractivity contribution in [2.45, 2.75) is 12.5 Å². The number of carbonyl (C=O) groups is 1. The number of hydrogen-bond donors (Lipinski definition) is 1. The number of amides is 2. The van der Waals surface area contributed by atoms with Crippen LogP contribution in [0.1, 0.15) is 12.0 Å². The van der Waals surface area contributed by atoms with Crippen LogP contribution in [0.15, 0.2) is 48.5 Å². The van der Waals surface area contributed by atoms with Crippen molar-refractivity contribution in [2.75, 3.05) is 25.6 Å². The van der Waals surface area contributed by atoms with E-state index in [1.807, 2.05) is 0 Å². The standard InChI is InChI=1S/C19H19N3O3/c1-22(16-10-11-24-13-16)19(23)21-15-4-8-18(9-5-15)25-17-6-2-14(12-20)3-7-17/h2-9,16H,10-11,13H2,1H3,(H,21,23)/t16-/m1/s1. The number of benzene rings is 2. The Morgan fingerprint density at radius 1 is 1.20 bits per heavy atom. The Morgan fingerprint density at radius 2 is 1.84 bits per heavy atom. The molecule has 2 aromatic carbocycles. The summed E-state index contributed by atoms with van der Waals surface area (Å²) in [4.78, 5) is 13.9. The second kappa shape index (κ2) is 7.69. The van der Waals surface area contributed by atoms with Gasteiger partial charge >= 0.3 is 6.03 Å². The van der Waals surface area contributed by atoms with Gasteiger partial charge in [-0.15, -0.1) is 0 Å². The molecule has 0 unspecified atom stereocenters. The summed E-state index contributed by atoms with van der Waals surface area (Å²) in [7, 11) is 1.77. The molecule has 0 bridgehead atoms. The molecule has 128 valence electrons. The molecule has 0 spiro atoms. The monoisotopic (exact) mass is 337 g/mol. The van der Waals surface area contributed by atoms with E-state index in [1.165, 1.54) is 0 Å². The first kappa shape index (κ1) is 16.8. The van der Waals surface area contributed by atoms with E-state index < -0.39 is 0 Å². The Kier molecular flexibility index (Phi) is 5.17. The fourth-order valence-electron chi connectivity index (χ4n) is 2.54. The molecule has 1 fully saturated rings. The molecule has 3 rings (SSSR count). The van der Waals surface area contributed by atoms with Crippen molar-refractivity contribution in [3.63, 3.8) is 0 Å². The van der Waals surface area contributed by atoms with E-state index in [9.17, 15) is 4.79 Å². The van der Waals surface area contributed by atoms with Gasteiger partial charge in [-0.1, -0.05) is 0 Å². The number of nitriles is 1. The van der Waals surface area contributed by atoms with Gasteiger partial charge in [-0.2, -0.15) is 5.26 Å². The van der Waals surface area contributed by atoms with Crippen LogP contribution in [0, 0.1) is 11.3 Å². The number of ether oxygens (including phenoxy) is 2. The smallest absolute Gasteiger partial charge is 0.321 e. The highest BCUT2D eigenvalue weighted by Gasteiger charge is 2.24. The van der Waals surface area contributed by atoms with Crippen molar-refractivity contribution in [1.82, 2.24) is 4.90 Å². The van der Waals surface area contributed by atoms with Gasteiger partial charge in [0, 0.05) is 19.3 Å². The quantitative estimate of drug-likeness (QED) is 0.925. The van der Waals surface area contributed by atoms with Crippen LogP contribution in [-0.4, -0.2) is 37.2 Å². The van der Waals surface area contributed by atoms with Crippen molar-refractivity contribution in [3.05, 3.63) is 54.1 Å². The molecule has 1 aliphatic rings. The Balaban J connectivity index is 1.57. The van der Waals surface area contributed by atoms with Crippen LogP contribution in [-0.2, 0) is 4.74 Å². The van der Waals surface area contributed by atoms with Crippen LogP contribution in [0.3, 0.4) is 0 Å². The molecule has 2 amide bonds. The van der Waals surface area contributed by atoms with Crippen LogP contribution in [0.4, 0.5) is 10.5 Å². The number of anilines is 1. The minimum Gasteiger partial charge on any atom is -0.457 e. The van der Waals surface area contributed by atoms with E-state index in [0.717, 1.165) is 6.42 Å². The van der Waals surface area contributed by atoms with E-state index in [0.29, 0.717) is 36.0 Å². The predicted octanol–water partition coefficient (Wildman–Crippen LogP) is 3.60. The third kappa shape index (κ3) is 4.28. The van der Waals surface area contributed by atoms with Gasteiger partial charge in [-0.25, -0.2) is 4.79 Å². The van der Waals surface area contributed by atoms with Crippen molar-refractivity contribution in [2.24, 2.45) is 0 Å². The zero-order valence-corrected chi connectivity index (χ0v) is 13.9. The molecule has 1 heterocycles. The summed E-state index contributed by atoms with van der Waals surface area (Å²) in [6.07, 6.45) is 0.862. The number of hydrogen-bond acceptors (Lipinski definition) is 4. The third-order valence-corrected chi connectivity index (χ3v) is 4.10. The lowest BCUT2D eigenvalue weighted by atomic mass is 10.2. The van der Waals surface area contributed by atoms with Gasteiger partial charge in [0.1, 0.15) is 11.5 Å². The maximum Gasteiger partial charge on any atom is 0.321 e. The fourth-order valence-corrected chi connectivity index (χ4v) is 2.54. The van der Waals surface area contributed by atoms with Crippen molar-refractivity contribution in [1.29, 1.82) is 5.26 Å².